The molecule has 0 aromatic rings. The number of hydrogen-bond donors (Lipinski definition) is 2. The maximum Gasteiger partial charge on any atom is 0.401 e. The second-order valence-electron chi connectivity index (χ2n) is 7.04. The standard InChI is InChI=1S/C17H31F3N4.HI/c1-2-21-16(22-9-5-14-3-4-14)23-10-6-15-7-11-24(12-8-15)13-17(18,19)20;/h14-15H,2-13H2,1H3,(H2,21,22,23);1H. The van der Waals surface area contributed by atoms with Crippen molar-refractivity contribution in [3.05, 3.63) is 0 Å². The predicted octanol–water partition coefficient (Wildman–Crippen LogP) is 3.62. The van der Waals surface area contributed by atoms with E-state index in [4.69, 9.17) is 0 Å². The van der Waals surface area contributed by atoms with E-state index in [0.717, 1.165) is 50.8 Å². The monoisotopic (exact) mass is 476 g/mol. The Morgan fingerprint density at radius 3 is 2.24 bits per heavy atom. The van der Waals surface area contributed by atoms with Gasteiger partial charge in [0.1, 0.15) is 0 Å². The van der Waals surface area contributed by atoms with Gasteiger partial charge in [0.15, 0.2) is 5.96 Å². The van der Waals surface area contributed by atoms with Crippen LogP contribution >= 0.6 is 24.0 Å². The van der Waals surface area contributed by atoms with Crippen LogP contribution in [0.5, 0.6) is 0 Å². The number of nitrogens with one attached hydrogen (secondary N) is 2. The van der Waals surface area contributed by atoms with Crippen LogP contribution in [0.15, 0.2) is 4.99 Å². The third-order valence-corrected chi connectivity index (χ3v) is 4.80. The van der Waals surface area contributed by atoms with Crippen LogP contribution in [0.1, 0.15) is 45.4 Å². The SMILES string of the molecule is CCNC(=NCCC1CCN(CC(F)(F)F)CC1)NCCC1CC1.I. The molecule has 0 atom stereocenters. The third kappa shape index (κ3) is 10.5. The number of aliphatic imine (C=N–C) groups is 1. The molecule has 25 heavy (non-hydrogen) atoms. The highest BCUT2D eigenvalue weighted by Gasteiger charge is 2.32. The Hall–Kier alpha value is -0.250. The van der Waals surface area contributed by atoms with Crippen LogP contribution in [-0.4, -0.2) is 56.3 Å². The predicted molar refractivity (Wildman–Crippen MR) is 107 cm³/mol. The van der Waals surface area contributed by atoms with Gasteiger partial charge in [-0.1, -0.05) is 12.8 Å². The van der Waals surface area contributed by atoms with Gasteiger partial charge in [0.2, 0.25) is 0 Å². The van der Waals surface area contributed by atoms with Crippen molar-refractivity contribution < 1.29 is 13.2 Å². The Kier molecular flexibility index (Phi) is 10.4. The van der Waals surface area contributed by atoms with Crippen LogP contribution in [-0.2, 0) is 0 Å². The zero-order valence-electron chi connectivity index (χ0n) is 15.1. The van der Waals surface area contributed by atoms with Crippen LogP contribution in [0, 0.1) is 11.8 Å². The summed E-state index contributed by atoms with van der Waals surface area (Å²) in [5, 5.41) is 6.62. The van der Waals surface area contributed by atoms with Gasteiger partial charge in [-0.2, -0.15) is 13.2 Å². The van der Waals surface area contributed by atoms with Gasteiger partial charge in [0, 0.05) is 19.6 Å². The van der Waals surface area contributed by atoms with Gasteiger partial charge >= 0.3 is 6.18 Å². The molecule has 0 aromatic heterocycles. The number of likely N-dealkylation sites (tertiary alicyclic amines) is 1. The van der Waals surface area contributed by atoms with E-state index in [2.05, 4.69) is 22.5 Å². The van der Waals surface area contributed by atoms with Gasteiger partial charge < -0.3 is 10.6 Å². The van der Waals surface area contributed by atoms with Gasteiger partial charge in [-0.3, -0.25) is 9.89 Å². The molecule has 0 amide bonds. The molecule has 2 N–H and O–H groups in total. The lowest BCUT2D eigenvalue weighted by Gasteiger charge is -2.32. The number of halogens is 4. The summed E-state index contributed by atoms with van der Waals surface area (Å²) in [7, 11) is 0. The maximum absolute atomic E-state index is 12.4. The second kappa shape index (κ2) is 11.5. The number of guanidine groups is 1. The fourth-order valence-electron chi connectivity index (χ4n) is 3.19. The first kappa shape index (κ1) is 22.8. The summed E-state index contributed by atoms with van der Waals surface area (Å²) in [6, 6.07) is 0. The Bertz CT molecular complexity index is 392. The first-order valence-corrected chi connectivity index (χ1v) is 9.27. The normalized spacial score (nSPS) is 20.2. The molecule has 1 saturated heterocycles. The zero-order valence-corrected chi connectivity index (χ0v) is 17.4. The molecule has 1 aliphatic heterocycles. The molecule has 0 unspecified atom stereocenters. The van der Waals surface area contributed by atoms with E-state index in [9.17, 15) is 13.2 Å². The molecule has 8 heteroatoms. The number of hydrogen-bond acceptors (Lipinski definition) is 2. The van der Waals surface area contributed by atoms with Crippen LogP contribution < -0.4 is 10.6 Å². The summed E-state index contributed by atoms with van der Waals surface area (Å²) in [5.74, 6) is 2.27. The topological polar surface area (TPSA) is 39.7 Å². The average molecular weight is 476 g/mol. The minimum Gasteiger partial charge on any atom is -0.357 e. The minimum atomic E-state index is -4.08. The first-order valence-electron chi connectivity index (χ1n) is 9.27. The Morgan fingerprint density at radius 2 is 1.68 bits per heavy atom. The van der Waals surface area contributed by atoms with Crippen LogP contribution in [0.3, 0.4) is 0 Å². The van der Waals surface area contributed by atoms with Crippen LogP contribution in [0.4, 0.5) is 13.2 Å². The molecule has 2 fully saturated rings. The molecule has 1 aliphatic carbocycles. The minimum absolute atomic E-state index is 0. The fraction of sp³-hybridized carbons (Fsp3) is 0.941. The van der Waals surface area contributed by atoms with Crippen molar-refractivity contribution in [3.8, 4) is 0 Å². The highest BCUT2D eigenvalue weighted by molar-refractivity contribution is 14.0. The number of nitrogens with zero attached hydrogens (tertiary/aromatic N) is 2. The molecule has 2 aliphatic rings. The highest BCUT2D eigenvalue weighted by Crippen LogP contribution is 2.31. The van der Waals surface area contributed by atoms with Gasteiger partial charge in [0.05, 0.1) is 6.54 Å². The second-order valence-corrected chi connectivity index (χ2v) is 7.04. The number of rotatable bonds is 8. The maximum atomic E-state index is 12.4. The summed E-state index contributed by atoms with van der Waals surface area (Å²) in [6.07, 6.45) is 2.50. The van der Waals surface area contributed by atoms with E-state index < -0.39 is 12.7 Å². The molecule has 0 radical (unpaired) electrons. The Balaban J connectivity index is 0.00000312. The lowest BCUT2D eigenvalue weighted by Crippen LogP contribution is -2.40. The lowest BCUT2D eigenvalue weighted by molar-refractivity contribution is -0.148. The average Bonchev–Trinajstić information content (AvgIpc) is 3.32. The summed E-state index contributed by atoms with van der Waals surface area (Å²) < 4.78 is 37.2. The van der Waals surface area contributed by atoms with E-state index >= 15 is 0 Å². The first-order chi connectivity index (χ1) is 11.5. The van der Waals surface area contributed by atoms with E-state index in [0.29, 0.717) is 19.0 Å². The summed E-state index contributed by atoms with van der Waals surface area (Å²) in [6.45, 7) is 4.92. The summed E-state index contributed by atoms with van der Waals surface area (Å²) in [4.78, 5) is 6.12. The van der Waals surface area contributed by atoms with Gasteiger partial charge in [0.25, 0.3) is 0 Å². The molecular formula is C17H32F3IN4. The van der Waals surface area contributed by atoms with E-state index in [1.54, 1.807) is 0 Å². The van der Waals surface area contributed by atoms with Crippen molar-refractivity contribution in [1.29, 1.82) is 0 Å². The van der Waals surface area contributed by atoms with Crippen molar-refractivity contribution in [3.63, 3.8) is 0 Å². The van der Waals surface area contributed by atoms with Crippen LogP contribution in [0.25, 0.3) is 0 Å². The molecule has 1 saturated carbocycles. The summed E-state index contributed by atoms with van der Waals surface area (Å²) in [5.41, 5.74) is 0. The lowest BCUT2D eigenvalue weighted by atomic mass is 9.93. The molecule has 4 nitrogen and oxygen atoms in total. The van der Waals surface area contributed by atoms with E-state index in [1.807, 2.05) is 0 Å². The molecule has 2 rings (SSSR count). The van der Waals surface area contributed by atoms with Gasteiger partial charge in [-0.25, -0.2) is 0 Å². The number of piperidine rings is 1. The van der Waals surface area contributed by atoms with E-state index in [1.165, 1.54) is 24.2 Å². The number of alkyl halides is 3. The van der Waals surface area contributed by atoms with E-state index in [-0.39, 0.29) is 24.0 Å². The van der Waals surface area contributed by atoms with Crippen molar-refractivity contribution in [2.75, 3.05) is 39.3 Å². The molecule has 1 heterocycles. The largest absolute Gasteiger partial charge is 0.401 e. The summed E-state index contributed by atoms with van der Waals surface area (Å²) >= 11 is 0. The van der Waals surface area contributed by atoms with Crippen molar-refractivity contribution >= 4 is 29.9 Å². The fourth-order valence-corrected chi connectivity index (χ4v) is 3.19. The molecule has 0 bridgehead atoms. The molecule has 0 spiro atoms. The third-order valence-electron chi connectivity index (χ3n) is 4.80. The van der Waals surface area contributed by atoms with Crippen molar-refractivity contribution in [2.24, 2.45) is 16.8 Å². The molecule has 148 valence electrons. The zero-order chi connectivity index (χ0) is 17.4. The smallest absolute Gasteiger partial charge is 0.357 e. The van der Waals surface area contributed by atoms with Crippen molar-refractivity contribution in [1.82, 2.24) is 15.5 Å². The molecule has 0 aromatic carbocycles. The van der Waals surface area contributed by atoms with Gasteiger partial charge in [-0.05, 0) is 57.5 Å². The van der Waals surface area contributed by atoms with Gasteiger partial charge in [-0.15, -0.1) is 24.0 Å². The highest BCUT2D eigenvalue weighted by atomic mass is 127. The molecular weight excluding hydrogens is 444 g/mol. The van der Waals surface area contributed by atoms with Crippen molar-refractivity contribution in [2.45, 2.75) is 51.6 Å². The Morgan fingerprint density at radius 1 is 1.04 bits per heavy atom. The quantitative estimate of drug-likeness (QED) is 0.320. The van der Waals surface area contributed by atoms with Crippen LogP contribution in [0.2, 0.25) is 0 Å². The Labute approximate surface area is 166 Å².